The van der Waals surface area contributed by atoms with Crippen LogP contribution < -0.4 is 0 Å². The third-order valence-corrected chi connectivity index (χ3v) is 4.32. The van der Waals surface area contributed by atoms with Gasteiger partial charge in [-0.15, -0.1) is 0 Å². The lowest BCUT2D eigenvalue weighted by molar-refractivity contribution is -0.137. The number of piperidine rings is 1. The number of hydrogen-bond donors (Lipinski definition) is 1. The van der Waals surface area contributed by atoms with Crippen molar-refractivity contribution < 1.29 is 19.1 Å². The number of hydrogen-bond acceptors (Lipinski definition) is 2. The van der Waals surface area contributed by atoms with Gasteiger partial charge in [0, 0.05) is 19.5 Å². The van der Waals surface area contributed by atoms with Crippen LogP contribution in [-0.2, 0) is 9.59 Å². The maximum atomic E-state index is 13.3. The Hall–Kier alpha value is -1.91. The van der Waals surface area contributed by atoms with Gasteiger partial charge in [0.25, 0.3) is 0 Å². The Bertz CT molecular complexity index is 546. The normalized spacial score (nSPS) is 19.7. The van der Waals surface area contributed by atoms with Gasteiger partial charge in [0.05, 0.1) is 5.92 Å². The molecule has 2 unspecified atom stereocenters. The maximum absolute atomic E-state index is 13.3. The lowest BCUT2D eigenvalue weighted by Crippen LogP contribution is -2.42. The molecule has 1 amide bonds. The van der Waals surface area contributed by atoms with Crippen molar-refractivity contribution in [1.29, 1.82) is 0 Å². The van der Waals surface area contributed by atoms with E-state index in [2.05, 4.69) is 0 Å². The van der Waals surface area contributed by atoms with Gasteiger partial charge in [0.15, 0.2) is 0 Å². The van der Waals surface area contributed by atoms with Gasteiger partial charge in [-0.25, -0.2) is 4.39 Å². The quantitative estimate of drug-likeness (QED) is 0.909. The molecule has 0 spiro atoms. The van der Waals surface area contributed by atoms with Crippen molar-refractivity contribution in [3.63, 3.8) is 0 Å². The molecule has 1 aliphatic heterocycles. The van der Waals surface area contributed by atoms with Gasteiger partial charge in [0.1, 0.15) is 5.82 Å². The van der Waals surface area contributed by atoms with E-state index >= 15 is 0 Å². The molecule has 22 heavy (non-hydrogen) atoms. The minimum Gasteiger partial charge on any atom is -0.481 e. The molecular formula is C17H22FNO3. The van der Waals surface area contributed by atoms with E-state index in [9.17, 15) is 14.0 Å². The highest BCUT2D eigenvalue weighted by Crippen LogP contribution is 2.25. The van der Waals surface area contributed by atoms with Crippen LogP contribution in [0.1, 0.15) is 44.1 Å². The molecule has 1 fully saturated rings. The van der Waals surface area contributed by atoms with Crippen LogP contribution >= 0.6 is 0 Å². The number of carbonyl (C=O) groups is 2. The summed E-state index contributed by atoms with van der Waals surface area (Å²) in [5.41, 5.74) is 0.678. The van der Waals surface area contributed by atoms with Crippen LogP contribution in [-0.4, -0.2) is 35.0 Å². The molecule has 0 aliphatic carbocycles. The first kappa shape index (κ1) is 16.5. The molecule has 4 nitrogen and oxygen atoms in total. The number of rotatable bonds is 5. The van der Waals surface area contributed by atoms with E-state index in [0.717, 1.165) is 12.8 Å². The number of nitrogens with zero attached hydrogens (tertiary/aromatic N) is 1. The van der Waals surface area contributed by atoms with Crippen LogP contribution in [0.2, 0.25) is 0 Å². The standard InChI is InChI=1S/C17H22FNO3/c1-12(14-5-2-6-15(18)10-14)17(22)19-9-3-4-13(11-19)7-8-16(20)21/h2,5-6,10,12-13H,3-4,7-9,11H2,1H3,(H,20,21). The summed E-state index contributed by atoms with van der Waals surface area (Å²) < 4.78 is 13.3. The first-order valence-electron chi connectivity index (χ1n) is 7.73. The molecular weight excluding hydrogens is 285 g/mol. The topological polar surface area (TPSA) is 57.6 Å². The number of benzene rings is 1. The Morgan fingerprint density at radius 2 is 2.23 bits per heavy atom. The van der Waals surface area contributed by atoms with Crippen LogP contribution in [0, 0.1) is 11.7 Å². The second-order valence-corrected chi connectivity index (χ2v) is 6.00. The van der Waals surface area contributed by atoms with Crippen LogP contribution in [0.3, 0.4) is 0 Å². The largest absolute Gasteiger partial charge is 0.481 e. The lowest BCUT2D eigenvalue weighted by atomic mass is 9.91. The smallest absolute Gasteiger partial charge is 0.303 e. The summed E-state index contributed by atoms with van der Waals surface area (Å²) in [7, 11) is 0. The number of aliphatic carboxylic acids is 1. The summed E-state index contributed by atoms with van der Waals surface area (Å²) in [6.07, 6.45) is 2.61. The highest BCUT2D eigenvalue weighted by molar-refractivity contribution is 5.83. The third-order valence-electron chi connectivity index (χ3n) is 4.32. The predicted octanol–water partition coefficient (Wildman–Crippen LogP) is 3.03. The van der Waals surface area contributed by atoms with Gasteiger partial charge >= 0.3 is 5.97 Å². The van der Waals surface area contributed by atoms with Crippen molar-refractivity contribution in [2.45, 2.75) is 38.5 Å². The Balaban J connectivity index is 1.97. The van der Waals surface area contributed by atoms with Crippen molar-refractivity contribution >= 4 is 11.9 Å². The molecule has 0 radical (unpaired) electrons. The third kappa shape index (κ3) is 4.29. The minimum atomic E-state index is -0.795. The average Bonchev–Trinajstić information content (AvgIpc) is 2.52. The van der Waals surface area contributed by atoms with Gasteiger partial charge in [-0.3, -0.25) is 9.59 Å². The summed E-state index contributed by atoms with van der Waals surface area (Å²) in [6, 6.07) is 6.13. The molecule has 1 saturated heterocycles. The molecule has 1 aliphatic rings. The fraction of sp³-hybridized carbons (Fsp3) is 0.529. The molecule has 2 rings (SSSR count). The van der Waals surface area contributed by atoms with Crippen molar-refractivity contribution in [2.24, 2.45) is 5.92 Å². The first-order valence-corrected chi connectivity index (χ1v) is 7.73. The van der Waals surface area contributed by atoms with E-state index in [1.807, 2.05) is 0 Å². The van der Waals surface area contributed by atoms with Crippen LogP contribution in [0.15, 0.2) is 24.3 Å². The monoisotopic (exact) mass is 307 g/mol. The van der Waals surface area contributed by atoms with E-state index in [4.69, 9.17) is 5.11 Å². The molecule has 5 heteroatoms. The zero-order valence-electron chi connectivity index (χ0n) is 12.8. The second kappa shape index (κ2) is 7.38. The Morgan fingerprint density at radius 1 is 1.45 bits per heavy atom. The SMILES string of the molecule is CC(C(=O)N1CCCC(CCC(=O)O)C1)c1cccc(F)c1. The number of likely N-dealkylation sites (tertiary alicyclic amines) is 1. The Labute approximate surface area is 129 Å². The number of halogens is 1. The second-order valence-electron chi connectivity index (χ2n) is 6.00. The highest BCUT2D eigenvalue weighted by Gasteiger charge is 2.27. The zero-order chi connectivity index (χ0) is 16.1. The number of amides is 1. The van der Waals surface area contributed by atoms with Gasteiger partial charge in [-0.1, -0.05) is 12.1 Å². The van der Waals surface area contributed by atoms with E-state index < -0.39 is 5.97 Å². The van der Waals surface area contributed by atoms with Gasteiger partial charge in [0.2, 0.25) is 5.91 Å². The first-order chi connectivity index (χ1) is 10.5. The molecule has 0 saturated carbocycles. The van der Waals surface area contributed by atoms with Gasteiger partial charge < -0.3 is 10.0 Å². The van der Waals surface area contributed by atoms with Crippen LogP contribution in [0.25, 0.3) is 0 Å². The van der Waals surface area contributed by atoms with Crippen molar-refractivity contribution in [1.82, 2.24) is 4.90 Å². The maximum Gasteiger partial charge on any atom is 0.303 e. The van der Waals surface area contributed by atoms with Crippen molar-refractivity contribution in [3.05, 3.63) is 35.6 Å². The van der Waals surface area contributed by atoms with E-state index in [1.54, 1.807) is 24.0 Å². The summed E-state index contributed by atoms with van der Waals surface area (Å²) in [5, 5.41) is 8.77. The van der Waals surface area contributed by atoms with Gasteiger partial charge in [-0.05, 0) is 49.8 Å². The fourth-order valence-corrected chi connectivity index (χ4v) is 3.02. The highest BCUT2D eigenvalue weighted by atomic mass is 19.1. The zero-order valence-corrected chi connectivity index (χ0v) is 12.8. The summed E-state index contributed by atoms with van der Waals surface area (Å²) in [6.45, 7) is 3.09. The lowest BCUT2D eigenvalue weighted by Gasteiger charge is -2.34. The molecule has 0 aromatic heterocycles. The molecule has 120 valence electrons. The molecule has 1 aromatic carbocycles. The van der Waals surface area contributed by atoms with Gasteiger partial charge in [-0.2, -0.15) is 0 Å². The fourth-order valence-electron chi connectivity index (χ4n) is 3.02. The van der Waals surface area contributed by atoms with Crippen molar-refractivity contribution in [2.75, 3.05) is 13.1 Å². The summed E-state index contributed by atoms with van der Waals surface area (Å²) >= 11 is 0. The molecule has 1 heterocycles. The predicted molar refractivity (Wildman–Crippen MR) is 81.0 cm³/mol. The minimum absolute atomic E-state index is 0.00868. The molecule has 0 bridgehead atoms. The summed E-state index contributed by atoms with van der Waals surface area (Å²) in [5.74, 6) is -1.28. The average molecular weight is 307 g/mol. The van der Waals surface area contributed by atoms with Crippen LogP contribution in [0.4, 0.5) is 4.39 Å². The summed E-state index contributed by atoms with van der Waals surface area (Å²) in [4.78, 5) is 25.0. The van der Waals surface area contributed by atoms with E-state index in [0.29, 0.717) is 25.1 Å². The molecule has 1 aromatic rings. The van der Waals surface area contributed by atoms with E-state index in [-0.39, 0.29) is 30.0 Å². The molecule has 2 atom stereocenters. The number of carbonyl (C=O) groups excluding carboxylic acids is 1. The molecule has 1 N–H and O–H groups in total. The number of carboxylic acid groups (broad SMARTS) is 1. The Kier molecular flexibility index (Phi) is 5.52. The van der Waals surface area contributed by atoms with E-state index in [1.165, 1.54) is 12.1 Å². The Morgan fingerprint density at radius 3 is 2.91 bits per heavy atom. The van der Waals surface area contributed by atoms with Crippen LogP contribution in [0.5, 0.6) is 0 Å². The van der Waals surface area contributed by atoms with Crippen molar-refractivity contribution in [3.8, 4) is 0 Å². The number of carboxylic acids is 1.